The fourth-order valence-electron chi connectivity index (χ4n) is 1.65. The molecule has 0 aliphatic rings. The highest BCUT2D eigenvalue weighted by molar-refractivity contribution is 5.88. The van der Waals surface area contributed by atoms with E-state index < -0.39 is 5.97 Å². The summed E-state index contributed by atoms with van der Waals surface area (Å²) in [4.78, 5) is 19.3. The van der Waals surface area contributed by atoms with E-state index in [1.54, 1.807) is 25.1 Å². The van der Waals surface area contributed by atoms with Crippen molar-refractivity contribution in [1.82, 2.24) is 9.97 Å². The van der Waals surface area contributed by atoms with Gasteiger partial charge in [0.25, 0.3) is 0 Å². The number of aromatic carboxylic acids is 1. The van der Waals surface area contributed by atoms with Gasteiger partial charge in [-0.05, 0) is 31.5 Å². The van der Waals surface area contributed by atoms with Crippen LogP contribution in [0.1, 0.15) is 28.8 Å². The molecule has 0 aliphatic carbocycles. The topological polar surface area (TPSA) is 72.3 Å². The van der Waals surface area contributed by atoms with Gasteiger partial charge in [0.05, 0.1) is 5.56 Å². The second kappa shape index (κ2) is 5.48. The van der Waals surface area contributed by atoms with Gasteiger partial charge in [-0.25, -0.2) is 9.78 Å². The van der Waals surface area contributed by atoms with Gasteiger partial charge in [-0.3, -0.25) is 0 Å². The van der Waals surface area contributed by atoms with Crippen molar-refractivity contribution >= 4 is 5.97 Å². The Bertz CT molecular complexity index is 611. The summed E-state index contributed by atoms with van der Waals surface area (Å²) in [6, 6.07) is 8.05. The molecule has 1 N–H and O–H groups in total. The molecular weight excluding hydrogens is 244 g/mol. The molecule has 1 heterocycles. The Morgan fingerprint density at radius 2 is 2.11 bits per heavy atom. The fourth-order valence-corrected chi connectivity index (χ4v) is 1.65. The summed E-state index contributed by atoms with van der Waals surface area (Å²) in [5.74, 6) is 0.509. The van der Waals surface area contributed by atoms with Gasteiger partial charge >= 0.3 is 5.97 Å². The highest BCUT2D eigenvalue weighted by Gasteiger charge is 2.06. The lowest BCUT2D eigenvalue weighted by Crippen LogP contribution is -1.99. The van der Waals surface area contributed by atoms with Crippen molar-refractivity contribution in [2.24, 2.45) is 0 Å². The second-order valence-electron chi connectivity index (χ2n) is 4.03. The van der Waals surface area contributed by atoms with Crippen LogP contribution in [0.3, 0.4) is 0 Å². The molecule has 5 nitrogen and oxygen atoms in total. The van der Waals surface area contributed by atoms with Crippen LogP contribution in [-0.4, -0.2) is 21.0 Å². The maximum Gasteiger partial charge on any atom is 0.335 e. The molecule has 0 saturated heterocycles. The molecule has 0 aliphatic heterocycles. The quantitative estimate of drug-likeness (QED) is 0.912. The number of aromatic nitrogens is 2. The molecule has 0 amide bonds. The maximum absolute atomic E-state index is 10.9. The highest BCUT2D eigenvalue weighted by Crippen LogP contribution is 2.21. The number of rotatable bonds is 4. The van der Waals surface area contributed by atoms with Gasteiger partial charge in [-0.1, -0.05) is 13.0 Å². The van der Waals surface area contributed by atoms with Crippen LogP contribution >= 0.6 is 0 Å². The van der Waals surface area contributed by atoms with E-state index in [1.165, 1.54) is 12.1 Å². The van der Waals surface area contributed by atoms with Crippen LogP contribution < -0.4 is 4.74 Å². The van der Waals surface area contributed by atoms with Crippen molar-refractivity contribution in [1.29, 1.82) is 0 Å². The Morgan fingerprint density at radius 1 is 1.32 bits per heavy atom. The molecule has 19 heavy (non-hydrogen) atoms. The number of aryl methyl sites for hydroxylation is 2. The zero-order valence-corrected chi connectivity index (χ0v) is 10.8. The summed E-state index contributed by atoms with van der Waals surface area (Å²) in [5.41, 5.74) is 1.07. The van der Waals surface area contributed by atoms with Crippen molar-refractivity contribution in [3.63, 3.8) is 0 Å². The number of carbonyl (C=O) groups is 1. The summed E-state index contributed by atoms with van der Waals surface area (Å²) < 4.78 is 5.58. The third-order valence-electron chi connectivity index (χ3n) is 2.53. The van der Waals surface area contributed by atoms with Crippen molar-refractivity contribution in [2.75, 3.05) is 0 Å². The van der Waals surface area contributed by atoms with E-state index in [9.17, 15) is 4.79 Å². The molecule has 0 unspecified atom stereocenters. The van der Waals surface area contributed by atoms with Crippen LogP contribution in [0.2, 0.25) is 0 Å². The Morgan fingerprint density at radius 3 is 2.79 bits per heavy atom. The first-order chi connectivity index (χ1) is 9.08. The molecule has 98 valence electrons. The lowest BCUT2D eigenvalue weighted by molar-refractivity contribution is 0.0696. The monoisotopic (exact) mass is 258 g/mol. The molecule has 1 aromatic heterocycles. The van der Waals surface area contributed by atoms with E-state index in [0.29, 0.717) is 17.5 Å². The van der Waals surface area contributed by atoms with Gasteiger partial charge in [0.2, 0.25) is 5.88 Å². The zero-order valence-electron chi connectivity index (χ0n) is 10.8. The minimum atomic E-state index is -0.987. The van der Waals surface area contributed by atoms with E-state index in [0.717, 1.165) is 12.1 Å². The number of hydrogen-bond donors (Lipinski definition) is 1. The molecular formula is C14H14N2O3. The average Bonchev–Trinajstić information content (AvgIpc) is 2.38. The molecule has 0 bridgehead atoms. The third kappa shape index (κ3) is 3.28. The van der Waals surface area contributed by atoms with Crippen molar-refractivity contribution in [3.05, 3.63) is 47.4 Å². The molecule has 5 heteroatoms. The summed E-state index contributed by atoms with van der Waals surface area (Å²) >= 11 is 0. The van der Waals surface area contributed by atoms with Crippen LogP contribution in [0.15, 0.2) is 30.3 Å². The van der Waals surface area contributed by atoms with E-state index in [2.05, 4.69) is 9.97 Å². The molecule has 2 aromatic rings. The number of benzene rings is 1. The van der Waals surface area contributed by atoms with E-state index >= 15 is 0 Å². The van der Waals surface area contributed by atoms with Gasteiger partial charge in [0.15, 0.2) is 0 Å². The van der Waals surface area contributed by atoms with Crippen LogP contribution in [0.4, 0.5) is 0 Å². The molecule has 2 rings (SSSR count). The molecule has 1 aromatic carbocycles. The van der Waals surface area contributed by atoms with Crippen LogP contribution in [-0.2, 0) is 6.42 Å². The van der Waals surface area contributed by atoms with Gasteiger partial charge in [-0.2, -0.15) is 4.98 Å². The predicted octanol–water partition coefficient (Wildman–Crippen LogP) is 2.84. The lowest BCUT2D eigenvalue weighted by atomic mass is 10.2. The third-order valence-corrected chi connectivity index (χ3v) is 2.53. The Hall–Kier alpha value is -2.43. The number of nitrogens with zero attached hydrogens (tertiary/aromatic N) is 2. The SMILES string of the molecule is CCc1cc(Oc2cccc(C(=O)O)c2)nc(C)n1. The Kier molecular flexibility index (Phi) is 3.75. The number of carboxylic acid groups (broad SMARTS) is 1. The standard InChI is InChI=1S/C14H14N2O3/c1-3-11-8-13(16-9(2)15-11)19-12-6-4-5-10(7-12)14(17)18/h4-8H,3H2,1-2H3,(H,17,18). The second-order valence-corrected chi connectivity index (χ2v) is 4.03. The summed E-state index contributed by atoms with van der Waals surface area (Å²) in [5, 5.41) is 8.92. The minimum Gasteiger partial charge on any atom is -0.478 e. The molecule has 0 radical (unpaired) electrons. The average molecular weight is 258 g/mol. The first-order valence-corrected chi connectivity index (χ1v) is 5.94. The van der Waals surface area contributed by atoms with E-state index in [1.807, 2.05) is 6.92 Å². The summed E-state index contributed by atoms with van der Waals surface area (Å²) in [6.07, 6.45) is 0.787. The smallest absolute Gasteiger partial charge is 0.335 e. The van der Waals surface area contributed by atoms with E-state index in [4.69, 9.17) is 9.84 Å². The Balaban J connectivity index is 2.28. The van der Waals surface area contributed by atoms with Gasteiger partial charge < -0.3 is 9.84 Å². The van der Waals surface area contributed by atoms with Gasteiger partial charge in [0.1, 0.15) is 11.6 Å². The zero-order chi connectivity index (χ0) is 13.8. The number of ether oxygens (including phenoxy) is 1. The fraction of sp³-hybridized carbons (Fsp3) is 0.214. The first-order valence-electron chi connectivity index (χ1n) is 5.94. The van der Waals surface area contributed by atoms with E-state index in [-0.39, 0.29) is 5.56 Å². The molecule has 0 spiro atoms. The summed E-state index contributed by atoms with van der Waals surface area (Å²) in [6.45, 7) is 3.79. The molecule has 0 atom stereocenters. The van der Waals surface area contributed by atoms with Crippen LogP contribution in [0, 0.1) is 6.92 Å². The van der Waals surface area contributed by atoms with Crippen LogP contribution in [0.5, 0.6) is 11.6 Å². The summed E-state index contributed by atoms with van der Waals surface area (Å²) in [7, 11) is 0. The number of carboxylic acids is 1. The van der Waals surface area contributed by atoms with Gasteiger partial charge in [-0.15, -0.1) is 0 Å². The van der Waals surface area contributed by atoms with Crippen molar-refractivity contribution < 1.29 is 14.6 Å². The minimum absolute atomic E-state index is 0.180. The van der Waals surface area contributed by atoms with Crippen LogP contribution in [0.25, 0.3) is 0 Å². The Labute approximate surface area is 110 Å². The van der Waals surface area contributed by atoms with Gasteiger partial charge in [0, 0.05) is 11.8 Å². The number of hydrogen-bond acceptors (Lipinski definition) is 4. The molecule has 0 saturated carbocycles. The maximum atomic E-state index is 10.9. The van der Waals surface area contributed by atoms with Crippen molar-refractivity contribution in [2.45, 2.75) is 20.3 Å². The first kappa shape index (κ1) is 13.0. The lowest BCUT2D eigenvalue weighted by Gasteiger charge is -2.07. The highest BCUT2D eigenvalue weighted by atomic mass is 16.5. The normalized spacial score (nSPS) is 10.2. The molecule has 0 fully saturated rings. The predicted molar refractivity (Wildman–Crippen MR) is 69.6 cm³/mol. The largest absolute Gasteiger partial charge is 0.478 e. The van der Waals surface area contributed by atoms with Crippen molar-refractivity contribution in [3.8, 4) is 11.6 Å².